The molecule has 1 saturated heterocycles. The lowest BCUT2D eigenvalue weighted by Crippen LogP contribution is -2.50. The van der Waals surface area contributed by atoms with E-state index in [2.05, 4.69) is 5.32 Å². The molecule has 1 aliphatic rings. The molecule has 0 atom stereocenters. The molecule has 0 radical (unpaired) electrons. The van der Waals surface area contributed by atoms with Crippen LogP contribution in [0.1, 0.15) is 12.8 Å². The number of hydrogen-bond acceptors (Lipinski definition) is 4. The first kappa shape index (κ1) is 27.8. The van der Waals surface area contributed by atoms with Crippen LogP contribution in [0.2, 0.25) is 0 Å². The molecule has 0 unspecified atom stereocenters. The Morgan fingerprint density at radius 2 is 0.844 bits per heavy atom. The molecule has 0 saturated carbocycles. The molecule has 32 heavy (non-hydrogen) atoms. The van der Waals surface area contributed by atoms with Crippen LogP contribution in [0.25, 0.3) is 0 Å². The molecule has 1 N–H and O–H groups in total. The van der Waals surface area contributed by atoms with Crippen molar-refractivity contribution >= 4 is 17.7 Å². The zero-order chi connectivity index (χ0) is 24.7. The maximum atomic E-state index is 12.8. The average molecular weight is 488 g/mol. The molecular weight excluding hydrogens is 467 g/mol. The highest BCUT2D eigenvalue weighted by Crippen LogP contribution is 2.22. The summed E-state index contributed by atoms with van der Waals surface area (Å²) in [5.74, 6) is -6.91. The minimum Gasteiger partial charge on any atom is -0.334 e. The Morgan fingerprint density at radius 1 is 0.500 bits per heavy atom. The highest BCUT2D eigenvalue weighted by Gasteiger charge is 2.45. The predicted octanol–water partition coefficient (Wildman–Crippen LogP) is 1.54. The summed E-state index contributed by atoms with van der Waals surface area (Å²) in [4.78, 5) is 35.4. The van der Waals surface area contributed by atoms with Crippen LogP contribution in [-0.2, 0) is 14.4 Å². The molecule has 0 aliphatic carbocycles. The molecule has 0 spiro atoms. The molecule has 0 aromatic heterocycles. The van der Waals surface area contributed by atoms with Crippen LogP contribution in [0.5, 0.6) is 0 Å². The number of alkyl halides is 9. The fourth-order valence-electron chi connectivity index (χ4n) is 2.91. The molecule has 16 heteroatoms. The molecule has 1 heterocycles. The first-order valence-corrected chi connectivity index (χ1v) is 9.34. The Balaban J connectivity index is 3.05. The van der Waals surface area contributed by atoms with Crippen molar-refractivity contribution in [1.82, 2.24) is 20.0 Å². The van der Waals surface area contributed by atoms with Gasteiger partial charge in [-0.15, -0.1) is 0 Å². The van der Waals surface area contributed by atoms with Crippen LogP contribution in [0.4, 0.5) is 39.5 Å². The maximum Gasteiger partial charge on any atom is 0.471 e. The second-order valence-corrected chi connectivity index (χ2v) is 6.83. The van der Waals surface area contributed by atoms with E-state index in [9.17, 15) is 53.9 Å². The molecule has 0 aromatic carbocycles. The smallest absolute Gasteiger partial charge is 0.334 e. The van der Waals surface area contributed by atoms with Crippen LogP contribution in [0.3, 0.4) is 0 Å². The normalized spacial score (nSPS) is 18.8. The molecule has 3 amide bonds. The van der Waals surface area contributed by atoms with Gasteiger partial charge in [0.1, 0.15) is 0 Å². The van der Waals surface area contributed by atoms with Gasteiger partial charge in [-0.05, 0) is 19.4 Å². The number of nitrogens with zero attached hydrogens (tertiary/aromatic N) is 3. The molecule has 0 aromatic rings. The van der Waals surface area contributed by atoms with Crippen molar-refractivity contribution in [2.24, 2.45) is 0 Å². The van der Waals surface area contributed by atoms with Gasteiger partial charge in [-0.1, -0.05) is 0 Å². The van der Waals surface area contributed by atoms with E-state index >= 15 is 0 Å². The largest absolute Gasteiger partial charge is 0.471 e. The van der Waals surface area contributed by atoms with Gasteiger partial charge in [-0.25, -0.2) is 0 Å². The molecule has 186 valence electrons. The van der Waals surface area contributed by atoms with Crippen LogP contribution >= 0.6 is 0 Å². The molecule has 1 fully saturated rings. The van der Waals surface area contributed by atoms with E-state index in [4.69, 9.17) is 0 Å². The highest BCUT2D eigenvalue weighted by atomic mass is 19.4. The van der Waals surface area contributed by atoms with Gasteiger partial charge < -0.3 is 20.0 Å². The lowest BCUT2D eigenvalue weighted by molar-refractivity contribution is -0.189. The van der Waals surface area contributed by atoms with E-state index in [0.29, 0.717) is 4.90 Å². The zero-order valence-electron chi connectivity index (χ0n) is 16.5. The number of carbonyl (C=O) groups is 3. The van der Waals surface area contributed by atoms with Gasteiger partial charge in [0, 0.05) is 45.8 Å². The van der Waals surface area contributed by atoms with Gasteiger partial charge in [-0.2, -0.15) is 39.5 Å². The van der Waals surface area contributed by atoms with Crippen molar-refractivity contribution in [2.75, 3.05) is 52.4 Å². The quantitative estimate of drug-likeness (QED) is 0.526. The summed E-state index contributed by atoms with van der Waals surface area (Å²) in [5.41, 5.74) is 0. The summed E-state index contributed by atoms with van der Waals surface area (Å²) in [7, 11) is 0. The third-order valence-corrected chi connectivity index (χ3v) is 4.43. The van der Waals surface area contributed by atoms with Gasteiger partial charge in [0.15, 0.2) is 0 Å². The summed E-state index contributed by atoms with van der Waals surface area (Å²) >= 11 is 0. The van der Waals surface area contributed by atoms with E-state index in [0.717, 1.165) is 0 Å². The van der Waals surface area contributed by atoms with Gasteiger partial charge in [0.25, 0.3) is 0 Å². The van der Waals surface area contributed by atoms with Gasteiger partial charge in [0.05, 0.1) is 0 Å². The zero-order valence-corrected chi connectivity index (χ0v) is 16.5. The third kappa shape index (κ3) is 8.70. The number of amides is 3. The van der Waals surface area contributed by atoms with E-state index in [1.165, 1.54) is 0 Å². The summed E-state index contributed by atoms with van der Waals surface area (Å²) in [6.07, 6.45) is -16.5. The number of carbonyl (C=O) groups excluding carboxylic acids is 3. The van der Waals surface area contributed by atoms with Crippen LogP contribution in [-0.4, -0.2) is 103 Å². The summed E-state index contributed by atoms with van der Waals surface area (Å²) in [6.45, 7) is -4.46. The first-order chi connectivity index (χ1) is 14.5. The second-order valence-electron chi connectivity index (χ2n) is 6.83. The fourth-order valence-corrected chi connectivity index (χ4v) is 2.91. The van der Waals surface area contributed by atoms with E-state index in [1.54, 1.807) is 0 Å². The third-order valence-electron chi connectivity index (χ3n) is 4.43. The fraction of sp³-hybridized carbons (Fsp3) is 0.812. The molecule has 7 nitrogen and oxygen atoms in total. The van der Waals surface area contributed by atoms with Gasteiger partial charge in [-0.3, -0.25) is 14.4 Å². The van der Waals surface area contributed by atoms with Crippen LogP contribution in [0.15, 0.2) is 0 Å². The van der Waals surface area contributed by atoms with Crippen molar-refractivity contribution in [3.8, 4) is 0 Å². The van der Waals surface area contributed by atoms with Crippen LogP contribution < -0.4 is 5.32 Å². The van der Waals surface area contributed by atoms with Gasteiger partial charge in [0.2, 0.25) is 0 Å². The lowest BCUT2D eigenvalue weighted by Gasteiger charge is -2.30. The van der Waals surface area contributed by atoms with Crippen molar-refractivity contribution in [3.63, 3.8) is 0 Å². The standard InChI is InChI=1S/C16H21F9N4O3/c17-14(18,19)11(30)27-6-2-7-29(13(32)16(23,24)25)10-9-28(12(31)15(20,21)22)5-1-3-26-4-8-27/h26H,1-10H2. The van der Waals surface area contributed by atoms with Crippen LogP contribution in [0, 0.1) is 0 Å². The average Bonchev–Trinajstić information content (AvgIpc) is 2.65. The van der Waals surface area contributed by atoms with Gasteiger partial charge >= 0.3 is 36.3 Å². The number of hydrogen-bond donors (Lipinski definition) is 1. The van der Waals surface area contributed by atoms with Crippen molar-refractivity contribution in [2.45, 2.75) is 31.4 Å². The molecule has 0 bridgehead atoms. The number of nitrogens with one attached hydrogen (secondary N) is 1. The Morgan fingerprint density at radius 3 is 1.22 bits per heavy atom. The Labute approximate surface area is 176 Å². The van der Waals surface area contributed by atoms with E-state index in [1.807, 2.05) is 0 Å². The maximum absolute atomic E-state index is 12.8. The Bertz CT molecular complexity index is 665. The van der Waals surface area contributed by atoms with E-state index in [-0.39, 0.29) is 29.3 Å². The highest BCUT2D eigenvalue weighted by molar-refractivity contribution is 5.83. The second kappa shape index (κ2) is 11.0. The lowest BCUT2D eigenvalue weighted by atomic mass is 10.2. The predicted molar refractivity (Wildman–Crippen MR) is 90.0 cm³/mol. The monoisotopic (exact) mass is 488 g/mol. The first-order valence-electron chi connectivity index (χ1n) is 9.34. The Hall–Kier alpha value is -2.26. The number of rotatable bonds is 0. The summed E-state index contributed by atoms with van der Waals surface area (Å²) in [5, 5.41) is 2.63. The van der Waals surface area contributed by atoms with Crippen molar-refractivity contribution < 1.29 is 53.9 Å². The molecule has 1 aliphatic heterocycles. The Kier molecular flexibility index (Phi) is 9.59. The topological polar surface area (TPSA) is 73.0 Å². The SMILES string of the molecule is O=C(N1CCCN(C(=O)C(F)(F)F)CCN(C(=O)C(F)(F)F)CCCNCC1)C(F)(F)F. The molecule has 1 rings (SSSR count). The molecular formula is C16H21F9N4O3. The van der Waals surface area contributed by atoms with E-state index < -0.39 is 81.9 Å². The van der Waals surface area contributed by atoms with Crippen molar-refractivity contribution in [1.29, 1.82) is 0 Å². The summed E-state index contributed by atoms with van der Waals surface area (Å²) < 4.78 is 115. The van der Waals surface area contributed by atoms with Crippen molar-refractivity contribution in [3.05, 3.63) is 0 Å². The summed E-state index contributed by atoms with van der Waals surface area (Å²) in [6, 6.07) is 0. The number of halogens is 9. The minimum absolute atomic E-state index is 0.0408. The minimum atomic E-state index is -5.39.